The first-order valence-electron chi connectivity index (χ1n) is 18.7. The summed E-state index contributed by atoms with van der Waals surface area (Å²) in [5, 5.41) is 6.42. The average molecular weight is 732 g/mol. The summed E-state index contributed by atoms with van der Waals surface area (Å²) in [5.41, 5.74) is 10.9. The Morgan fingerprint density at radius 1 is 0.518 bits per heavy atom. The highest BCUT2D eigenvalue weighted by Gasteiger charge is 2.30. The van der Waals surface area contributed by atoms with Gasteiger partial charge in [0.2, 0.25) is 0 Å². The number of para-hydroxylation sites is 1. The van der Waals surface area contributed by atoms with Gasteiger partial charge in [-0.1, -0.05) is 146 Å². The third kappa shape index (κ3) is 6.00. The van der Waals surface area contributed by atoms with E-state index >= 15 is 0 Å². The molecule has 9 rings (SSSR count). The van der Waals surface area contributed by atoms with Gasteiger partial charge < -0.3 is 4.57 Å². The summed E-state index contributed by atoms with van der Waals surface area (Å²) >= 11 is 0. The Bertz CT molecular complexity index is 2960. The minimum Gasteiger partial charge on any atom is -0.309 e. The SMILES string of the molecule is C=CC(=CC=CC)c1cccc(-c2ccc3c(c2)c2ccccc2n3-c2ccc(-c3c4ccccc4c(-c4ccc(C(F)(F)F)cc4)c4ccccc34)cc2)c1. The van der Waals surface area contributed by atoms with Crippen LogP contribution in [0.1, 0.15) is 18.1 Å². The number of halogens is 3. The lowest BCUT2D eigenvalue weighted by Crippen LogP contribution is -2.04. The number of hydrogen-bond acceptors (Lipinski definition) is 0. The zero-order chi connectivity index (χ0) is 38.4. The fourth-order valence-electron chi connectivity index (χ4n) is 8.14. The molecule has 0 atom stereocenters. The zero-order valence-electron chi connectivity index (χ0n) is 30.7. The highest BCUT2D eigenvalue weighted by molar-refractivity contribution is 6.21. The first kappa shape index (κ1) is 34.8. The third-order valence-electron chi connectivity index (χ3n) is 10.7. The van der Waals surface area contributed by atoms with Crippen molar-refractivity contribution >= 4 is 48.9 Å². The van der Waals surface area contributed by atoms with E-state index in [0.717, 1.165) is 82.8 Å². The number of fused-ring (bicyclic) bond motifs is 5. The van der Waals surface area contributed by atoms with Crippen molar-refractivity contribution in [3.63, 3.8) is 0 Å². The van der Waals surface area contributed by atoms with Crippen molar-refractivity contribution in [1.29, 1.82) is 0 Å². The van der Waals surface area contributed by atoms with E-state index in [-0.39, 0.29) is 0 Å². The first-order chi connectivity index (χ1) is 27.3. The number of rotatable bonds is 7. The van der Waals surface area contributed by atoms with Gasteiger partial charge >= 0.3 is 6.18 Å². The number of alkyl halides is 3. The van der Waals surface area contributed by atoms with Crippen LogP contribution in [0.5, 0.6) is 0 Å². The molecule has 270 valence electrons. The van der Waals surface area contributed by atoms with Crippen LogP contribution >= 0.6 is 0 Å². The predicted octanol–water partition coefficient (Wildman–Crippen LogP) is 15.3. The van der Waals surface area contributed by atoms with Crippen LogP contribution < -0.4 is 0 Å². The molecule has 1 heterocycles. The molecule has 8 aromatic carbocycles. The summed E-state index contributed by atoms with van der Waals surface area (Å²) in [4.78, 5) is 0. The highest BCUT2D eigenvalue weighted by atomic mass is 19.4. The zero-order valence-corrected chi connectivity index (χ0v) is 30.7. The standard InChI is InChI=1S/C52H36F3N/c1-3-5-13-34(4-2)37-14-12-15-38(32-37)39-26-31-49-47(33-39)42-16-10-11-21-48(42)56(49)41-29-24-36(25-30-41)51-45-19-8-6-17-43(45)50(44-18-7-9-20-46(44)51)35-22-27-40(28-23-35)52(53,54)55/h3-33H,2H2,1H3. The fourth-order valence-corrected chi connectivity index (χ4v) is 8.14. The van der Waals surface area contributed by atoms with Gasteiger partial charge in [-0.25, -0.2) is 0 Å². The topological polar surface area (TPSA) is 4.93 Å². The van der Waals surface area contributed by atoms with Gasteiger partial charge in [0.05, 0.1) is 16.6 Å². The molecule has 0 unspecified atom stereocenters. The Balaban J connectivity index is 1.16. The normalized spacial score (nSPS) is 12.4. The molecule has 0 amide bonds. The molecular formula is C52H36F3N. The molecule has 0 bridgehead atoms. The highest BCUT2D eigenvalue weighted by Crippen LogP contribution is 2.45. The maximum absolute atomic E-state index is 13.5. The van der Waals surface area contributed by atoms with E-state index in [1.807, 2.05) is 49.4 Å². The van der Waals surface area contributed by atoms with Gasteiger partial charge in [0.1, 0.15) is 0 Å². The van der Waals surface area contributed by atoms with Crippen molar-refractivity contribution in [3.8, 4) is 39.1 Å². The number of aromatic nitrogens is 1. The van der Waals surface area contributed by atoms with Crippen LogP contribution in [0, 0.1) is 0 Å². The van der Waals surface area contributed by atoms with Gasteiger partial charge in [0.25, 0.3) is 0 Å². The number of nitrogens with zero attached hydrogens (tertiary/aromatic N) is 1. The molecule has 0 saturated heterocycles. The van der Waals surface area contributed by atoms with Crippen LogP contribution in [0.3, 0.4) is 0 Å². The lowest BCUT2D eigenvalue weighted by molar-refractivity contribution is -0.137. The molecule has 0 N–H and O–H groups in total. The fraction of sp³-hybridized carbons (Fsp3) is 0.0385. The lowest BCUT2D eigenvalue weighted by Gasteiger charge is -2.18. The van der Waals surface area contributed by atoms with Crippen LogP contribution in [-0.4, -0.2) is 4.57 Å². The van der Waals surface area contributed by atoms with Crippen molar-refractivity contribution in [2.45, 2.75) is 13.1 Å². The van der Waals surface area contributed by atoms with Gasteiger partial charge in [-0.2, -0.15) is 13.2 Å². The molecule has 1 nitrogen and oxygen atoms in total. The summed E-state index contributed by atoms with van der Waals surface area (Å²) in [7, 11) is 0. The molecule has 0 aliphatic rings. The largest absolute Gasteiger partial charge is 0.416 e. The van der Waals surface area contributed by atoms with E-state index in [9.17, 15) is 13.2 Å². The maximum Gasteiger partial charge on any atom is 0.416 e. The molecule has 4 heteroatoms. The monoisotopic (exact) mass is 731 g/mol. The van der Waals surface area contributed by atoms with Crippen LogP contribution in [0.25, 0.3) is 88.0 Å². The summed E-state index contributed by atoms with van der Waals surface area (Å²) < 4.78 is 42.8. The molecule has 0 aliphatic carbocycles. The second-order valence-corrected chi connectivity index (χ2v) is 14.0. The summed E-state index contributed by atoms with van der Waals surface area (Å²) in [5.74, 6) is 0. The van der Waals surface area contributed by atoms with Gasteiger partial charge in [-0.15, -0.1) is 0 Å². The van der Waals surface area contributed by atoms with E-state index in [1.165, 1.54) is 22.9 Å². The van der Waals surface area contributed by atoms with Crippen molar-refractivity contribution in [2.24, 2.45) is 0 Å². The van der Waals surface area contributed by atoms with Gasteiger partial charge in [0.15, 0.2) is 0 Å². The molecule has 0 aliphatic heterocycles. The van der Waals surface area contributed by atoms with Crippen molar-refractivity contribution in [2.75, 3.05) is 0 Å². The number of hydrogen-bond donors (Lipinski definition) is 0. The lowest BCUT2D eigenvalue weighted by atomic mass is 9.86. The van der Waals surface area contributed by atoms with E-state index in [4.69, 9.17) is 0 Å². The van der Waals surface area contributed by atoms with Crippen molar-refractivity contribution in [3.05, 3.63) is 206 Å². The predicted molar refractivity (Wildman–Crippen MR) is 230 cm³/mol. The Morgan fingerprint density at radius 2 is 1.04 bits per heavy atom. The Labute approximate surface area is 323 Å². The minimum absolute atomic E-state index is 0.656. The van der Waals surface area contributed by atoms with E-state index in [0.29, 0.717) is 0 Å². The van der Waals surface area contributed by atoms with Crippen LogP contribution in [0.15, 0.2) is 195 Å². The quantitative estimate of drug-likeness (QED) is 0.114. The van der Waals surface area contributed by atoms with E-state index in [2.05, 4.69) is 132 Å². The summed E-state index contributed by atoms with van der Waals surface area (Å²) in [6, 6.07) is 54.4. The molecule has 0 spiro atoms. The molecule has 56 heavy (non-hydrogen) atoms. The second kappa shape index (κ2) is 14.1. The smallest absolute Gasteiger partial charge is 0.309 e. The van der Waals surface area contributed by atoms with Gasteiger partial charge in [-0.05, 0) is 122 Å². The third-order valence-corrected chi connectivity index (χ3v) is 10.7. The Morgan fingerprint density at radius 3 is 1.61 bits per heavy atom. The molecule has 1 aromatic heterocycles. The molecule has 0 fully saturated rings. The van der Waals surface area contributed by atoms with Gasteiger partial charge in [0, 0.05) is 16.5 Å². The van der Waals surface area contributed by atoms with E-state index in [1.54, 1.807) is 12.1 Å². The Kier molecular flexibility index (Phi) is 8.75. The van der Waals surface area contributed by atoms with Crippen molar-refractivity contribution in [1.82, 2.24) is 4.57 Å². The summed E-state index contributed by atoms with van der Waals surface area (Å²) in [6.07, 6.45) is 3.63. The van der Waals surface area contributed by atoms with E-state index < -0.39 is 11.7 Å². The second-order valence-electron chi connectivity index (χ2n) is 14.0. The molecule has 9 aromatic rings. The van der Waals surface area contributed by atoms with Gasteiger partial charge in [-0.3, -0.25) is 0 Å². The number of allylic oxidation sites excluding steroid dienone is 5. The first-order valence-corrected chi connectivity index (χ1v) is 18.7. The summed E-state index contributed by atoms with van der Waals surface area (Å²) in [6.45, 7) is 6.04. The maximum atomic E-state index is 13.5. The number of benzene rings is 8. The molecule has 0 radical (unpaired) electrons. The van der Waals surface area contributed by atoms with Crippen LogP contribution in [0.4, 0.5) is 13.2 Å². The minimum atomic E-state index is -4.40. The van der Waals surface area contributed by atoms with Crippen LogP contribution in [0.2, 0.25) is 0 Å². The molecule has 0 saturated carbocycles. The van der Waals surface area contributed by atoms with Crippen LogP contribution in [-0.2, 0) is 6.18 Å². The Hall–Kier alpha value is -6.91. The molecular weight excluding hydrogens is 696 g/mol. The average Bonchev–Trinajstić information content (AvgIpc) is 3.56. The van der Waals surface area contributed by atoms with Crippen molar-refractivity contribution < 1.29 is 13.2 Å².